The Bertz CT molecular complexity index is 429. The SMILES string of the molecule is CSCC(C)CNc1ccc(C#N)c(F)c1F. The Morgan fingerprint density at radius 2 is 2.12 bits per heavy atom. The summed E-state index contributed by atoms with van der Waals surface area (Å²) in [5.74, 6) is -0.758. The maximum Gasteiger partial charge on any atom is 0.183 e. The maximum absolute atomic E-state index is 13.5. The smallest absolute Gasteiger partial charge is 0.183 e. The van der Waals surface area contributed by atoms with Gasteiger partial charge in [-0.05, 0) is 30.1 Å². The Hall–Kier alpha value is -1.28. The minimum absolute atomic E-state index is 0.106. The summed E-state index contributed by atoms with van der Waals surface area (Å²) < 4.78 is 26.8. The molecule has 0 aromatic heterocycles. The van der Waals surface area contributed by atoms with Crippen molar-refractivity contribution < 1.29 is 8.78 Å². The van der Waals surface area contributed by atoms with Gasteiger partial charge in [-0.3, -0.25) is 0 Å². The van der Waals surface area contributed by atoms with Crippen molar-refractivity contribution in [3.05, 3.63) is 29.3 Å². The molecule has 1 aromatic carbocycles. The van der Waals surface area contributed by atoms with Crippen molar-refractivity contribution in [3.63, 3.8) is 0 Å². The van der Waals surface area contributed by atoms with Gasteiger partial charge in [0.1, 0.15) is 6.07 Å². The third kappa shape index (κ3) is 3.60. The lowest BCUT2D eigenvalue weighted by atomic mass is 10.1. The molecule has 1 unspecified atom stereocenters. The summed E-state index contributed by atoms with van der Waals surface area (Å²) >= 11 is 1.71. The molecule has 92 valence electrons. The summed E-state index contributed by atoms with van der Waals surface area (Å²) in [5.41, 5.74) is -0.167. The van der Waals surface area contributed by atoms with E-state index in [-0.39, 0.29) is 11.3 Å². The molecule has 0 amide bonds. The quantitative estimate of drug-likeness (QED) is 0.878. The molecule has 2 nitrogen and oxygen atoms in total. The van der Waals surface area contributed by atoms with Gasteiger partial charge in [0.05, 0.1) is 11.3 Å². The van der Waals surface area contributed by atoms with Crippen LogP contribution >= 0.6 is 11.8 Å². The molecule has 0 aliphatic heterocycles. The number of anilines is 1. The second-order valence-electron chi connectivity index (χ2n) is 3.84. The van der Waals surface area contributed by atoms with E-state index in [1.807, 2.05) is 13.2 Å². The molecular weight excluding hydrogens is 242 g/mol. The predicted octanol–water partition coefficient (Wildman–Crippen LogP) is 3.25. The molecule has 5 heteroatoms. The summed E-state index contributed by atoms with van der Waals surface area (Å²) in [6.07, 6.45) is 2.00. The Kier molecular flexibility index (Phi) is 5.23. The topological polar surface area (TPSA) is 35.8 Å². The monoisotopic (exact) mass is 256 g/mol. The van der Waals surface area contributed by atoms with E-state index in [2.05, 4.69) is 5.32 Å². The first-order valence-electron chi connectivity index (χ1n) is 5.21. The molecule has 0 saturated carbocycles. The van der Waals surface area contributed by atoms with E-state index in [1.54, 1.807) is 17.8 Å². The van der Waals surface area contributed by atoms with Gasteiger partial charge >= 0.3 is 0 Å². The molecule has 0 aliphatic rings. The number of nitrogens with zero attached hydrogens (tertiary/aromatic N) is 1. The fourth-order valence-electron chi connectivity index (χ4n) is 1.40. The largest absolute Gasteiger partial charge is 0.382 e. The number of rotatable bonds is 5. The van der Waals surface area contributed by atoms with E-state index in [1.165, 1.54) is 12.1 Å². The van der Waals surface area contributed by atoms with Crippen molar-refractivity contribution in [2.45, 2.75) is 6.92 Å². The van der Waals surface area contributed by atoms with E-state index in [4.69, 9.17) is 5.26 Å². The van der Waals surface area contributed by atoms with Gasteiger partial charge < -0.3 is 5.32 Å². The van der Waals surface area contributed by atoms with E-state index in [9.17, 15) is 8.78 Å². The van der Waals surface area contributed by atoms with Crippen LogP contribution in [0.2, 0.25) is 0 Å². The van der Waals surface area contributed by atoms with E-state index < -0.39 is 11.6 Å². The van der Waals surface area contributed by atoms with Gasteiger partial charge in [-0.15, -0.1) is 0 Å². The Morgan fingerprint density at radius 3 is 2.71 bits per heavy atom. The lowest BCUT2D eigenvalue weighted by molar-refractivity contribution is 0.508. The normalized spacial score (nSPS) is 11.9. The van der Waals surface area contributed by atoms with Crippen LogP contribution in [0.25, 0.3) is 0 Å². The number of hydrogen-bond acceptors (Lipinski definition) is 3. The van der Waals surface area contributed by atoms with Crippen LogP contribution in [-0.4, -0.2) is 18.6 Å². The molecule has 1 N–H and O–H groups in total. The van der Waals surface area contributed by atoms with Crippen molar-refractivity contribution in [1.29, 1.82) is 5.26 Å². The van der Waals surface area contributed by atoms with Crippen LogP contribution in [0.15, 0.2) is 12.1 Å². The number of hydrogen-bond donors (Lipinski definition) is 1. The molecule has 0 fully saturated rings. The van der Waals surface area contributed by atoms with Gasteiger partial charge in [0.15, 0.2) is 11.6 Å². The molecule has 0 spiro atoms. The number of benzene rings is 1. The molecule has 1 aromatic rings. The molecule has 0 aliphatic carbocycles. The lowest BCUT2D eigenvalue weighted by Gasteiger charge is -2.13. The third-order valence-electron chi connectivity index (χ3n) is 2.29. The Labute approximate surface area is 104 Å². The van der Waals surface area contributed by atoms with Crippen LogP contribution in [0.3, 0.4) is 0 Å². The molecular formula is C12H14F2N2S. The standard InChI is InChI=1S/C12H14F2N2S/c1-8(7-17-2)6-16-10-4-3-9(5-15)11(13)12(10)14/h3-4,8,16H,6-7H2,1-2H3. The highest BCUT2D eigenvalue weighted by atomic mass is 32.2. The summed E-state index contributed by atoms with van der Waals surface area (Å²) in [6.45, 7) is 2.60. The third-order valence-corrected chi connectivity index (χ3v) is 3.20. The zero-order valence-corrected chi connectivity index (χ0v) is 10.6. The molecule has 0 bridgehead atoms. The number of thioether (sulfide) groups is 1. The molecule has 1 atom stereocenters. The van der Waals surface area contributed by atoms with Crippen LogP contribution < -0.4 is 5.32 Å². The van der Waals surface area contributed by atoms with Crippen LogP contribution in [-0.2, 0) is 0 Å². The number of nitriles is 1. The summed E-state index contributed by atoms with van der Waals surface area (Å²) in [7, 11) is 0. The van der Waals surface area contributed by atoms with Crippen LogP contribution in [0.4, 0.5) is 14.5 Å². The second kappa shape index (κ2) is 6.45. The predicted molar refractivity (Wildman–Crippen MR) is 67.1 cm³/mol. The fraction of sp³-hybridized carbons (Fsp3) is 0.417. The molecule has 0 saturated heterocycles. The zero-order valence-electron chi connectivity index (χ0n) is 9.76. The maximum atomic E-state index is 13.5. The lowest BCUT2D eigenvalue weighted by Crippen LogP contribution is -2.14. The van der Waals surface area contributed by atoms with E-state index in [0.29, 0.717) is 12.5 Å². The van der Waals surface area contributed by atoms with Crippen molar-refractivity contribution >= 4 is 17.4 Å². The minimum atomic E-state index is -1.09. The Morgan fingerprint density at radius 1 is 1.41 bits per heavy atom. The van der Waals surface area contributed by atoms with Crippen LogP contribution in [0.1, 0.15) is 12.5 Å². The van der Waals surface area contributed by atoms with Gasteiger partial charge in [0.2, 0.25) is 0 Å². The first-order chi connectivity index (χ1) is 8.10. The van der Waals surface area contributed by atoms with Crippen LogP contribution in [0, 0.1) is 28.9 Å². The van der Waals surface area contributed by atoms with E-state index in [0.717, 1.165) is 5.75 Å². The number of nitrogens with one attached hydrogen (secondary N) is 1. The Balaban J connectivity index is 2.73. The van der Waals surface area contributed by atoms with Crippen molar-refractivity contribution in [3.8, 4) is 6.07 Å². The average Bonchev–Trinajstić information content (AvgIpc) is 2.31. The van der Waals surface area contributed by atoms with Gasteiger partial charge in [0, 0.05) is 6.54 Å². The second-order valence-corrected chi connectivity index (χ2v) is 4.75. The zero-order chi connectivity index (χ0) is 12.8. The molecule has 17 heavy (non-hydrogen) atoms. The summed E-state index contributed by atoms with van der Waals surface area (Å²) in [5, 5.41) is 11.4. The first kappa shape index (κ1) is 13.8. The minimum Gasteiger partial charge on any atom is -0.382 e. The van der Waals surface area contributed by atoms with Crippen molar-refractivity contribution in [1.82, 2.24) is 0 Å². The van der Waals surface area contributed by atoms with Crippen molar-refractivity contribution in [2.24, 2.45) is 5.92 Å². The highest BCUT2D eigenvalue weighted by molar-refractivity contribution is 7.98. The molecule has 0 heterocycles. The fourth-order valence-corrected chi connectivity index (χ4v) is 2.09. The molecule has 0 radical (unpaired) electrons. The molecule has 1 rings (SSSR count). The van der Waals surface area contributed by atoms with Gasteiger partial charge in [-0.1, -0.05) is 6.92 Å². The highest BCUT2D eigenvalue weighted by Crippen LogP contribution is 2.20. The summed E-state index contributed by atoms with van der Waals surface area (Å²) in [6, 6.07) is 4.27. The first-order valence-corrected chi connectivity index (χ1v) is 6.60. The summed E-state index contributed by atoms with van der Waals surface area (Å²) in [4.78, 5) is 0. The van der Waals surface area contributed by atoms with Gasteiger partial charge in [0.25, 0.3) is 0 Å². The highest BCUT2D eigenvalue weighted by Gasteiger charge is 2.13. The van der Waals surface area contributed by atoms with Crippen LogP contribution in [0.5, 0.6) is 0 Å². The van der Waals surface area contributed by atoms with Gasteiger partial charge in [-0.25, -0.2) is 8.78 Å². The van der Waals surface area contributed by atoms with Crippen molar-refractivity contribution in [2.75, 3.05) is 23.9 Å². The average molecular weight is 256 g/mol. The number of halogens is 2. The van der Waals surface area contributed by atoms with E-state index >= 15 is 0 Å². The van der Waals surface area contributed by atoms with Gasteiger partial charge in [-0.2, -0.15) is 17.0 Å².